The molecule has 2 aromatic rings. The molecule has 0 spiro atoms. The quantitative estimate of drug-likeness (QED) is 0.240. The highest BCUT2D eigenvalue weighted by Gasteiger charge is 2.11. The van der Waals surface area contributed by atoms with Crippen LogP contribution in [0.2, 0.25) is 10.0 Å². The van der Waals surface area contributed by atoms with Crippen LogP contribution in [-0.2, 0) is 11.2 Å². The Morgan fingerprint density at radius 2 is 1.90 bits per heavy atom. The van der Waals surface area contributed by atoms with E-state index in [1.54, 1.807) is 6.07 Å². The second-order valence-corrected chi connectivity index (χ2v) is 7.29. The van der Waals surface area contributed by atoms with Crippen molar-refractivity contribution in [3.8, 4) is 5.75 Å². The Kier molecular flexibility index (Phi) is 11.9. The van der Waals surface area contributed by atoms with Crippen LogP contribution in [0.25, 0.3) is 0 Å². The Hall–Kier alpha value is -1.71. The summed E-state index contributed by atoms with van der Waals surface area (Å²) in [6.45, 7) is 5.27. The van der Waals surface area contributed by atoms with Gasteiger partial charge in [-0.15, -0.1) is 24.0 Å². The Morgan fingerprint density at radius 3 is 2.50 bits per heavy atom. The van der Waals surface area contributed by atoms with Crippen LogP contribution >= 0.6 is 47.2 Å². The van der Waals surface area contributed by atoms with E-state index in [-0.39, 0.29) is 36.6 Å². The molecule has 6 nitrogen and oxygen atoms in total. The summed E-state index contributed by atoms with van der Waals surface area (Å²) in [5, 5.41) is 7.83. The van der Waals surface area contributed by atoms with Crippen LogP contribution in [0.4, 0.5) is 0 Å². The maximum absolute atomic E-state index is 10.8. The molecule has 0 saturated heterocycles. The van der Waals surface area contributed by atoms with Crippen LogP contribution in [0.3, 0.4) is 0 Å². The average Bonchev–Trinajstić information content (AvgIpc) is 2.67. The summed E-state index contributed by atoms with van der Waals surface area (Å²) in [6, 6.07) is 13.0. The molecule has 164 valence electrons. The molecule has 2 rings (SSSR count). The first-order valence-corrected chi connectivity index (χ1v) is 10.1. The molecular weight excluding hydrogens is 538 g/mol. The van der Waals surface area contributed by atoms with Crippen LogP contribution in [-0.4, -0.2) is 31.6 Å². The zero-order valence-corrected chi connectivity index (χ0v) is 20.8. The highest BCUT2D eigenvalue weighted by molar-refractivity contribution is 14.0. The summed E-state index contributed by atoms with van der Waals surface area (Å²) in [5.41, 5.74) is 7.14. The zero-order chi connectivity index (χ0) is 21.2. The van der Waals surface area contributed by atoms with Gasteiger partial charge in [-0.05, 0) is 55.7 Å². The number of primary amides is 1. The van der Waals surface area contributed by atoms with Gasteiger partial charge in [0.2, 0.25) is 0 Å². The molecule has 0 fully saturated rings. The van der Waals surface area contributed by atoms with Crippen LogP contribution in [0.15, 0.2) is 47.5 Å². The number of nitrogens with two attached hydrogens (primary N) is 1. The lowest BCUT2D eigenvalue weighted by molar-refractivity contribution is -0.119. The molecule has 0 aliphatic rings. The molecular formula is C21H27Cl2IN4O2. The molecule has 0 heterocycles. The number of carbonyl (C=O) groups is 1. The second-order valence-electron chi connectivity index (χ2n) is 6.44. The van der Waals surface area contributed by atoms with Crippen molar-refractivity contribution >= 4 is 59.0 Å². The van der Waals surface area contributed by atoms with Gasteiger partial charge in [0.25, 0.3) is 5.91 Å². The van der Waals surface area contributed by atoms with Crippen LogP contribution in [0, 0.1) is 0 Å². The number of ether oxygens (including phenoxy) is 1. The first kappa shape index (κ1) is 26.3. The molecule has 9 heteroatoms. The molecule has 0 radical (unpaired) electrons. The van der Waals surface area contributed by atoms with Crippen molar-refractivity contribution in [2.45, 2.75) is 26.3 Å². The SMILES string of the molecule is CCNC(=NCCc1ccc(OCC(N)=O)cc1)NC(C)c1ccc(Cl)cc1Cl.I. The van der Waals surface area contributed by atoms with Gasteiger partial charge < -0.3 is 21.1 Å². The Labute approximate surface area is 204 Å². The second kappa shape index (κ2) is 13.6. The Morgan fingerprint density at radius 1 is 1.20 bits per heavy atom. The monoisotopic (exact) mass is 564 g/mol. The van der Waals surface area contributed by atoms with Crippen molar-refractivity contribution in [3.63, 3.8) is 0 Å². The molecule has 1 amide bonds. The number of hydrogen-bond acceptors (Lipinski definition) is 3. The number of amides is 1. The molecule has 2 aromatic carbocycles. The summed E-state index contributed by atoms with van der Waals surface area (Å²) >= 11 is 12.3. The van der Waals surface area contributed by atoms with Gasteiger partial charge in [-0.25, -0.2) is 0 Å². The standard InChI is InChI=1S/C21H26Cl2N4O2.HI/c1-3-25-21(27-14(2)18-9-6-16(22)12-19(18)23)26-11-10-15-4-7-17(8-5-15)29-13-20(24)28;/h4-9,12,14H,3,10-11,13H2,1-2H3,(H2,24,28)(H2,25,26,27);1H. The Balaban J connectivity index is 0.00000450. The third-order valence-corrected chi connectivity index (χ3v) is 4.66. The number of halogens is 3. The number of aliphatic imine (C=N–C) groups is 1. The minimum absolute atomic E-state index is 0. The van der Waals surface area contributed by atoms with E-state index >= 15 is 0 Å². The summed E-state index contributed by atoms with van der Waals surface area (Å²) in [4.78, 5) is 15.4. The first-order chi connectivity index (χ1) is 13.9. The smallest absolute Gasteiger partial charge is 0.255 e. The molecule has 0 aromatic heterocycles. The minimum Gasteiger partial charge on any atom is -0.484 e. The van der Waals surface area contributed by atoms with Gasteiger partial charge in [0.05, 0.1) is 6.04 Å². The molecule has 4 N–H and O–H groups in total. The van der Waals surface area contributed by atoms with Crippen molar-refractivity contribution < 1.29 is 9.53 Å². The molecule has 0 aliphatic carbocycles. The normalized spacial score (nSPS) is 11.9. The van der Waals surface area contributed by atoms with Crippen molar-refractivity contribution in [2.24, 2.45) is 10.7 Å². The van der Waals surface area contributed by atoms with Crippen molar-refractivity contribution in [2.75, 3.05) is 19.7 Å². The molecule has 1 unspecified atom stereocenters. The summed E-state index contributed by atoms with van der Waals surface area (Å²) in [5.74, 6) is 0.827. The third kappa shape index (κ3) is 8.97. The van der Waals surface area contributed by atoms with Gasteiger partial charge in [-0.1, -0.05) is 41.4 Å². The molecule has 1 atom stereocenters. The van der Waals surface area contributed by atoms with Gasteiger partial charge >= 0.3 is 0 Å². The molecule has 30 heavy (non-hydrogen) atoms. The van der Waals surface area contributed by atoms with Crippen LogP contribution < -0.4 is 21.1 Å². The van der Waals surface area contributed by atoms with Crippen LogP contribution in [0.1, 0.15) is 31.0 Å². The molecule has 0 aliphatic heterocycles. The maximum Gasteiger partial charge on any atom is 0.255 e. The van der Waals surface area contributed by atoms with E-state index in [1.165, 1.54) is 0 Å². The van der Waals surface area contributed by atoms with Gasteiger partial charge in [0.15, 0.2) is 12.6 Å². The molecule has 0 bridgehead atoms. The fraction of sp³-hybridized carbons (Fsp3) is 0.333. The largest absolute Gasteiger partial charge is 0.484 e. The highest BCUT2D eigenvalue weighted by Crippen LogP contribution is 2.26. The number of hydrogen-bond donors (Lipinski definition) is 3. The van der Waals surface area contributed by atoms with Gasteiger partial charge in [0, 0.05) is 23.1 Å². The van der Waals surface area contributed by atoms with Gasteiger partial charge in [-0.2, -0.15) is 0 Å². The minimum atomic E-state index is -0.499. The zero-order valence-electron chi connectivity index (χ0n) is 17.0. The van der Waals surface area contributed by atoms with Gasteiger partial charge in [-0.3, -0.25) is 9.79 Å². The number of rotatable bonds is 9. The lowest BCUT2D eigenvalue weighted by Gasteiger charge is -2.19. The van der Waals surface area contributed by atoms with Crippen molar-refractivity contribution in [3.05, 3.63) is 63.6 Å². The van der Waals surface area contributed by atoms with Crippen molar-refractivity contribution in [1.29, 1.82) is 0 Å². The topological polar surface area (TPSA) is 88.7 Å². The van der Waals surface area contributed by atoms with Crippen molar-refractivity contribution in [1.82, 2.24) is 10.6 Å². The molecule has 0 saturated carbocycles. The average molecular weight is 565 g/mol. The number of guanidine groups is 1. The fourth-order valence-corrected chi connectivity index (χ4v) is 3.23. The first-order valence-electron chi connectivity index (χ1n) is 9.39. The van der Waals surface area contributed by atoms with E-state index in [1.807, 2.05) is 50.2 Å². The lowest BCUT2D eigenvalue weighted by atomic mass is 10.1. The summed E-state index contributed by atoms with van der Waals surface area (Å²) < 4.78 is 5.26. The lowest BCUT2D eigenvalue weighted by Crippen LogP contribution is -2.39. The van der Waals surface area contributed by atoms with E-state index < -0.39 is 5.91 Å². The van der Waals surface area contributed by atoms with E-state index in [2.05, 4.69) is 15.6 Å². The Bertz CT molecular complexity index is 847. The third-order valence-electron chi connectivity index (χ3n) is 4.10. The predicted molar refractivity (Wildman–Crippen MR) is 134 cm³/mol. The van der Waals surface area contributed by atoms with Crippen LogP contribution in [0.5, 0.6) is 5.75 Å². The summed E-state index contributed by atoms with van der Waals surface area (Å²) in [6.07, 6.45) is 0.767. The number of benzene rings is 2. The van der Waals surface area contributed by atoms with E-state index in [0.717, 1.165) is 24.1 Å². The number of nitrogens with zero attached hydrogens (tertiary/aromatic N) is 1. The van der Waals surface area contributed by atoms with E-state index in [0.29, 0.717) is 28.3 Å². The van der Waals surface area contributed by atoms with E-state index in [4.69, 9.17) is 33.7 Å². The maximum atomic E-state index is 10.8. The predicted octanol–water partition coefficient (Wildman–Crippen LogP) is 4.33. The summed E-state index contributed by atoms with van der Waals surface area (Å²) in [7, 11) is 0. The fourth-order valence-electron chi connectivity index (χ4n) is 2.66. The highest BCUT2D eigenvalue weighted by atomic mass is 127. The van der Waals surface area contributed by atoms with Gasteiger partial charge in [0.1, 0.15) is 5.75 Å². The van der Waals surface area contributed by atoms with E-state index in [9.17, 15) is 4.79 Å². The number of nitrogens with one attached hydrogen (secondary N) is 2. The number of carbonyl (C=O) groups excluding carboxylic acids is 1.